The number of esters is 1. The Bertz CT molecular complexity index is 867. The fourth-order valence-corrected chi connectivity index (χ4v) is 2.77. The van der Waals surface area contributed by atoms with Crippen molar-refractivity contribution in [3.63, 3.8) is 0 Å². The lowest BCUT2D eigenvalue weighted by Crippen LogP contribution is -2.18. The van der Waals surface area contributed by atoms with Crippen LogP contribution in [-0.2, 0) is 9.53 Å². The molecule has 2 aromatic carbocycles. The van der Waals surface area contributed by atoms with E-state index in [1.54, 1.807) is 24.3 Å². The predicted molar refractivity (Wildman–Crippen MR) is 104 cm³/mol. The number of ether oxygens (including phenoxy) is 3. The molecular formula is C19H19BrN2O5. The van der Waals surface area contributed by atoms with E-state index < -0.39 is 5.97 Å². The maximum atomic E-state index is 12.2. The van der Waals surface area contributed by atoms with Gasteiger partial charge in [-0.1, -0.05) is 18.2 Å². The summed E-state index contributed by atoms with van der Waals surface area (Å²) in [5, 5.41) is 3.98. The fourth-order valence-electron chi connectivity index (χ4n) is 2.20. The molecule has 8 heteroatoms. The highest BCUT2D eigenvalue weighted by molar-refractivity contribution is 9.10. The molecule has 2 aromatic rings. The van der Waals surface area contributed by atoms with Gasteiger partial charge in [-0.2, -0.15) is 5.10 Å². The van der Waals surface area contributed by atoms with Crippen molar-refractivity contribution in [3.05, 3.63) is 57.6 Å². The van der Waals surface area contributed by atoms with Crippen molar-refractivity contribution in [2.24, 2.45) is 5.10 Å². The fraction of sp³-hybridized carbons (Fsp3) is 0.211. The molecule has 1 amide bonds. The number of methoxy groups -OCH3 is 2. The van der Waals surface area contributed by atoms with Crippen molar-refractivity contribution in [3.8, 4) is 11.5 Å². The van der Waals surface area contributed by atoms with Gasteiger partial charge in [-0.25, -0.2) is 10.2 Å². The number of nitrogens with zero attached hydrogens (tertiary/aromatic N) is 1. The molecule has 0 spiro atoms. The topological polar surface area (TPSA) is 86.2 Å². The summed E-state index contributed by atoms with van der Waals surface area (Å²) >= 11 is 3.37. The summed E-state index contributed by atoms with van der Waals surface area (Å²) in [7, 11) is 2.76. The van der Waals surface area contributed by atoms with Crippen LogP contribution in [0.3, 0.4) is 0 Å². The molecule has 27 heavy (non-hydrogen) atoms. The zero-order valence-electron chi connectivity index (χ0n) is 15.1. The maximum absolute atomic E-state index is 12.2. The molecule has 0 radical (unpaired) electrons. The van der Waals surface area contributed by atoms with Crippen LogP contribution in [-0.4, -0.2) is 38.9 Å². The van der Waals surface area contributed by atoms with Gasteiger partial charge >= 0.3 is 5.97 Å². The van der Waals surface area contributed by atoms with E-state index in [0.29, 0.717) is 27.1 Å². The molecule has 142 valence electrons. The van der Waals surface area contributed by atoms with Crippen molar-refractivity contribution in [2.45, 2.75) is 6.92 Å². The quantitative estimate of drug-likeness (QED) is 0.411. The molecule has 0 heterocycles. The van der Waals surface area contributed by atoms with Crippen LogP contribution in [0.5, 0.6) is 11.5 Å². The van der Waals surface area contributed by atoms with Crippen LogP contribution in [0.1, 0.15) is 21.5 Å². The van der Waals surface area contributed by atoms with Gasteiger partial charge in [0.15, 0.2) is 18.1 Å². The molecule has 1 N–H and O–H groups in total. The number of hydrazone groups is 1. The van der Waals surface area contributed by atoms with Gasteiger partial charge < -0.3 is 14.2 Å². The van der Waals surface area contributed by atoms with Crippen LogP contribution in [0, 0.1) is 6.92 Å². The summed E-state index contributed by atoms with van der Waals surface area (Å²) in [6.45, 7) is 1.61. The molecule has 0 atom stereocenters. The number of rotatable bonds is 7. The van der Waals surface area contributed by atoms with Gasteiger partial charge in [-0.05, 0) is 52.2 Å². The van der Waals surface area contributed by atoms with E-state index in [0.717, 1.165) is 5.56 Å². The first-order valence-corrected chi connectivity index (χ1v) is 8.71. The zero-order valence-corrected chi connectivity index (χ0v) is 16.7. The standard InChI is InChI=1S/C19H19BrN2O5/c1-12-6-4-5-7-14(12)19(24)22-21-10-13-8-15(20)18(16(9-13)25-2)27-11-17(23)26-3/h4-10H,11H2,1-3H3,(H,22,24)/b21-10-. The molecule has 2 rings (SSSR count). The summed E-state index contributed by atoms with van der Waals surface area (Å²) in [4.78, 5) is 23.4. The number of aryl methyl sites for hydroxylation is 1. The van der Waals surface area contributed by atoms with Crippen LogP contribution in [0.2, 0.25) is 0 Å². The number of amides is 1. The second kappa shape index (κ2) is 9.72. The van der Waals surface area contributed by atoms with Gasteiger partial charge in [0.25, 0.3) is 5.91 Å². The molecule has 0 bridgehead atoms. The summed E-state index contributed by atoms with van der Waals surface area (Å²) < 4.78 is 15.8. The number of nitrogens with one attached hydrogen (secondary N) is 1. The molecule has 0 aliphatic heterocycles. The molecular weight excluding hydrogens is 416 g/mol. The summed E-state index contributed by atoms with van der Waals surface area (Å²) in [6.07, 6.45) is 1.48. The zero-order chi connectivity index (χ0) is 19.8. The molecule has 0 saturated carbocycles. The second-order valence-electron chi connectivity index (χ2n) is 5.41. The molecule has 0 fully saturated rings. The number of carbonyl (C=O) groups excluding carboxylic acids is 2. The first kappa shape index (κ1) is 20.4. The normalized spacial score (nSPS) is 10.5. The van der Waals surface area contributed by atoms with Gasteiger partial charge in [0.2, 0.25) is 0 Å². The molecule has 0 saturated heterocycles. The van der Waals surface area contributed by atoms with Crippen molar-refractivity contribution >= 4 is 34.0 Å². The molecule has 0 aromatic heterocycles. The van der Waals surface area contributed by atoms with Crippen molar-refractivity contribution < 1.29 is 23.8 Å². The molecule has 0 aliphatic rings. The van der Waals surface area contributed by atoms with E-state index in [4.69, 9.17) is 9.47 Å². The van der Waals surface area contributed by atoms with E-state index in [1.165, 1.54) is 20.4 Å². The Morgan fingerprint density at radius 1 is 1.22 bits per heavy atom. The Kier molecular flexibility index (Phi) is 7.36. The number of halogens is 1. The monoisotopic (exact) mass is 434 g/mol. The Labute approximate surface area is 165 Å². The minimum absolute atomic E-state index is 0.245. The average Bonchev–Trinajstić information content (AvgIpc) is 2.66. The van der Waals surface area contributed by atoms with Crippen LogP contribution >= 0.6 is 15.9 Å². The lowest BCUT2D eigenvalue weighted by atomic mass is 10.1. The third-order valence-electron chi connectivity index (χ3n) is 3.58. The van der Waals surface area contributed by atoms with Crippen LogP contribution in [0.25, 0.3) is 0 Å². The van der Waals surface area contributed by atoms with Gasteiger partial charge in [0, 0.05) is 5.56 Å². The first-order chi connectivity index (χ1) is 13.0. The highest BCUT2D eigenvalue weighted by Gasteiger charge is 2.13. The van der Waals surface area contributed by atoms with E-state index in [9.17, 15) is 9.59 Å². The highest BCUT2D eigenvalue weighted by Crippen LogP contribution is 2.36. The molecule has 0 unspecified atom stereocenters. The summed E-state index contributed by atoms with van der Waals surface area (Å²) in [5.74, 6) is -0.0362. The van der Waals surface area contributed by atoms with E-state index >= 15 is 0 Å². The second-order valence-corrected chi connectivity index (χ2v) is 6.27. The third-order valence-corrected chi connectivity index (χ3v) is 4.17. The number of benzene rings is 2. The van der Waals surface area contributed by atoms with Gasteiger partial charge in [0.1, 0.15) is 0 Å². The lowest BCUT2D eigenvalue weighted by Gasteiger charge is -2.12. The van der Waals surface area contributed by atoms with E-state index in [2.05, 4.69) is 31.2 Å². The summed E-state index contributed by atoms with van der Waals surface area (Å²) in [5.41, 5.74) is 4.57. The van der Waals surface area contributed by atoms with E-state index in [-0.39, 0.29) is 12.5 Å². The minimum atomic E-state index is -0.506. The number of carbonyl (C=O) groups is 2. The lowest BCUT2D eigenvalue weighted by molar-refractivity contribution is -0.142. The number of hydrogen-bond donors (Lipinski definition) is 1. The van der Waals surface area contributed by atoms with E-state index in [1.807, 2.05) is 19.1 Å². The van der Waals surface area contributed by atoms with Gasteiger partial charge in [-0.15, -0.1) is 0 Å². The Balaban J connectivity index is 2.11. The Morgan fingerprint density at radius 2 is 1.96 bits per heavy atom. The van der Waals surface area contributed by atoms with Crippen molar-refractivity contribution in [1.29, 1.82) is 0 Å². The smallest absolute Gasteiger partial charge is 0.343 e. The highest BCUT2D eigenvalue weighted by atomic mass is 79.9. The van der Waals surface area contributed by atoms with Crippen molar-refractivity contribution in [1.82, 2.24) is 5.43 Å². The average molecular weight is 435 g/mol. The molecule has 7 nitrogen and oxygen atoms in total. The third kappa shape index (κ3) is 5.55. The summed E-state index contributed by atoms with van der Waals surface area (Å²) in [6, 6.07) is 10.6. The van der Waals surface area contributed by atoms with Crippen LogP contribution < -0.4 is 14.9 Å². The minimum Gasteiger partial charge on any atom is -0.493 e. The van der Waals surface area contributed by atoms with Gasteiger partial charge in [-0.3, -0.25) is 4.79 Å². The van der Waals surface area contributed by atoms with Crippen LogP contribution in [0.4, 0.5) is 0 Å². The Morgan fingerprint density at radius 3 is 2.63 bits per heavy atom. The number of hydrogen-bond acceptors (Lipinski definition) is 6. The molecule has 0 aliphatic carbocycles. The largest absolute Gasteiger partial charge is 0.493 e. The maximum Gasteiger partial charge on any atom is 0.343 e. The first-order valence-electron chi connectivity index (χ1n) is 7.92. The van der Waals surface area contributed by atoms with Crippen LogP contribution in [0.15, 0.2) is 46.0 Å². The van der Waals surface area contributed by atoms with Gasteiger partial charge in [0.05, 0.1) is 24.9 Å². The predicted octanol–water partition coefficient (Wildman–Crippen LogP) is 3.08. The Hall–Kier alpha value is -2.87. The SMILES string of the molecule is COC(=O)COc1c(Br)cc(/C=N\NC(=O)c2ccccc2C)cc1OC. The van der Waals surface area contributed by atoms with Crippen molar-refractivity contribution in [2.75, 3.05) is 20.8 Å².